The molecule has 84 valence electrons. The van der Waals surface area contributed by atoms with Crippen molar-refractivity contribution in [2.24, 2.45) is 0 Å². The van der Waals surface area contributed by atoms with Crippen LogP contribution in [0, 0.1) is 13.8 Å². The zero-order chi connectivity index (χ0) is 11.8. The Bertz CT molecular complexity index is 349. The normalized spacial score (nSPS) is 8.67. The predicted molar refractivity (Wildman–Crippen MR) is 68.4 cm³/mol. The van der Waals surface area contributed by atoms with Crippen molar-refractivity contribution < 1.29 is 4.42 Å². The van der Waals surface area contributed by atoms with E-state index in [0.717, 1.165) is 5.58 Å². The molecule has 2 aromatic rings. The van der Waals surface area contributed by atoms with E-state index in [2.05, 4.69) is 26.0 Å². The first-order valence-electron chi connectivity index (χ1n) is 5.72. The lowest BCUT2D eigenvalue weighted by atomic mass is 10.1. The van der Waals surface area contributed by atoms with Crippen LogP contribution < -0.4 is 0 Å². The molecular weight excluding hydrogens is 184 g/mol. The maximum absolute atomic E-state index is 5.33. The van der Waals surface area contributed by atoms with Gasteiger partial charge in [-0.05, 0) is 31.0 Å². The van der Waals surface area contributed by atoms with E-state index < -0.39 is 0 Å². The van der Waals surface area contributed by atoms with Crippen LogP contribution in [0.25, 0.3) is 11.0 Å². The lowest BCUT2D eigenvalue weighted by Gasteiger charge is -1.96. The van der Waals surface area contributed by atoms with Crippen molar-refractivity contribution in [1.82, 2.24) is 0 Å². The van der Waals surface area contributed by atoms with Crippen LogP contribution in [0.3, 0.4) is 0 Å². The molecule has 1 aromatic carbocycles. The minimum Gasteiger partial charge on any atom is -0.464 e. The Morgan fingerprint density at radius 3 is 1.87 bits per heavy atom. The molecule has 1 heteroatoms. The van der Waals surface area contributed by atoms with E-state index in [1.807, 2.05) is 33.8 Å². The molecule has 0 aliphatic rings. The zero-order valence-corrected chi connectivity index (χ0v) is 10.7. The van der Waals surface area contributed by atoms with Gasteiger partial charge >= 0.3 is 0 Å². The Labute approximate surface area is 93.1 Å². The fourth-order valence-corrected chi connectivity index (χ4v) is 1.34. The second kappa shape index (κ2) is 7.10. The Morgan fingerprint density at radius 2 is 1.33 bits per heavy atom. The number of aryl methyl sites for hydroxylation is 2. The number of hydrogen-bond acceptors (Lipinski definition) is 1. The predicted octanol–water partition coefficient (Wildman–Crippen LogP) is 5.10. The monoisotopic (exact) mass is 206 g/mol. The van der Waals surface area contributed by atoms with Crippen LogP contribution in [0.1, 0.15) is 38.8 Å². The van der Waals surface area contributed by atoms with Crippen LogP contribution in [0.4, 0.5) is 0 Å². The van der Waals surface area contributed by atoms with Gasteiger partial charge in [0.2, 0.25) is 0 Å². The zero-order valence-electron chi connectivity index (χ0n) is 10.7. The van der Waals surface area contributed by atoms with E-state index in [1.165, 1.54) is 16.5 Å². The van der Waals surface area contributed by atoms with Crippen molar-refractivity contribution in [3.05, 3.63) is 35.6 Å². The summed E-state index contributed by atoms with van der Waals surface area (Å²) in [5.41, 5.74) is 3.50. The number of hydrogen-bond donors (Lipinski definition) is 0. The van der Waals surface area contributed by atoms with Gasteiger partial charge in [0, 0.05) is 5.39 Å². The highest BCUT2D eigenvalue weighted by Crippen LogP contribution is 2.22. The summed E-state index contributed by atoms with van der Waals surface area (Å²) in [7, 11) is 0. The molecule has 0 radical (unpaired) electrons. The average Bonchev–Trinajstić information content (AvgIpc) is 2.79. The molecule has 0 atom stereocenters. The highest BCUT2D eigenvalue weighted by molar-refractivity contribution is 5.83. The second-order valence-corrected chi connectivity index (χ2v) is 2.86. The first-order chi connectivity index (χ1) is 7.29. The molecule has 15 heavy (non-hydrogen) atoms. The van der Waals surface area contributed by atoms with Gasteiger partial charge in [-0.3, -0.25) is 0 Å². The van der Waals surface area contributed by atoms with E-state index in [9.17, 15) is 0 Å². The fourth-order valence-electron chi connectivity index (χ4n) is 1.34. The summed E-state index contributed by atoms with van der Waals surface area (Å²) in [5, 5.41) is 1.23. The molecule has 0 N–H and O–H groups in total. The van der Waals surface area contributed by atoms with E-state index in [4.69, 9.17) is 4.42 Å². The Morgan fingerprint density at radius 1 is 0.800 bits per heavy atom. The van der Waals surface area contributed by atoms with Gasteiger partial charge < -0.3 is 4.42 Å². The van der Waals surface area contributed by atoms with Crippen molar-refractivity contribution >= 4 is 11.0 Å². The summed E-state index contributed by atoms with van der Waals surface area (Å²) in [6.45, 7) is 12.2. The third-order valence-corrected chi connectivity index (χ3v) is 2.03. The molecule has 0 aliphatic heterocycles. The van der Waals surface area contributed by atoms with Crippen LogP contribution in [0.15, 0.2) is 28.9 Å². The molecule has 0 amide bonds. The molecule has 0 saturated heterocycles. The van der Waals surface area contributed by atoms with Gasteiger partial charge in [0.25, 0.3) is 0 Å². The summed E-state index contributed by atoms with van der Waals surface area (Å²) in [6, 6.07) is 6.21. The SMILES string of the molecule is CC.CC.Cc1ccc(C)c2occc12. The lowest BCUT2D eigenvalue weighted by Crippen LogP contribution is -1.76. The molecule has 0 bridgehead atoms. The molecule has 1 aromatic heterocycles. The van der Waals surface area contributed by atoms with Crippen molar-refractivity contribution in [2.75, 3.05) is 0 Å². The van der Waals surface area contributed by atoms with Gasteiger partial charge in [0.05, 0.1) is 6.26 Å². The summed E-state index contributed by atoms with van der Waals surface area (Å²) >= 11 is 0. The topological polar surface area (TPSA) is 13.1 Å². The summed E-state index contributed by atoms with van der Waals surface area (Å²) in [6.07, 6.45) is 1.74. The van der Waals surface area contributed by atoms with E-state index >= 15 is 0 Å². The fraction of sp³-hybridized carbons (Fsp3) is 0.429. The first kappa shape index (κ1) is 13.8. The first-order valence-corrected chi connectivity index (χ1v) is 5.72. The van der Waals surface area contributed by atoms with Gasteiger partial charge in [-0.2, -0.15) is 0 Å². The van der Waals surface area contributed by atoms with E-state index in [1.54, 1.807) is 6.26 Å². The standard InChI is InChI=1S/C10H10O.2C2H6/c1-7-3-4-8(2)10-9(7)5-6-11-10;2*1-2/h3-6H,1-2H3;2*1-2H3. The summed E-state index contributed by atoms with van der Waals surface area (Å²) < 4.78 is 5.33. The average molecular weight is 206 g/mol. The highest BCUT2D eigenvalue weighted by Gasteiger charge is 2.01. The molecule has 2 rings (SSSR count). The van der Waals surface area contributed by atoms with Gasteiger partial charge in [-0.25, -0.2) is 0 Å². The molecule has 1 heterocycles. The minimum absolute atomic E-state index is 1.02. The number of fused-ring (bicyclic) bond motifs is 1. The molecule has 0 unspecified atom stereocenters. The number of furan rings is 1. The largest absolute Gasteiger partial charge is 0.464 e. The molecule has 1 nitrogen and oxygen atoms in total. The van der Waals surface area contributed by atoms with Crippen LogP contribution in [0.5, 0.6) is 0 Å². The molecule has 0 saturated carbocycles. The van der Waals surface area contributed by atoms with Gasteiger partial charge in [0.1, 0.15) is 5.58 Å². The number of rotatable bonds is 0. The third-order valence-electron chi connectivity index (χ3n) is 2.03. The van der Waals surface area contributed by atoms with E-state index in [-0.39, 0.29) is 0 Å². The molecular formula is C14H22O. The highest BCUT2D eigenvalue weighted by atomic mass is 16.3. The molecule has 0 aliphatic carbocycles. The van der Waals surface area contributed by atoms with Crippen LogP contribution in [0.2, 0.25) is 0 Å². The van der Waals surface area contributed by atoms with Crippen molar-refractivity contribution in [2.45, 2.75) is 41.5 Å². The van der Waals surface area contributed by atoms with Gasteiger partial charge in [-0.15, -0.1) is 0 Å². The summed E-state index contributed by atoms with van der Waals surface area (Å²) in [5.74, 6) is 0. The van der Waals surface area contributed by atoms with Crippen molar-refractivity contribution in [3.8, 4) is 0 Å². The molecule has 0 fully saturated rings. The number of benzene rings is 1. The second-order valence-electron chi connectivity index (χ2n) is 2.86. The van der Waals surface area contributed by atoms with Crippen molar-refractivity contribution in [3.63, 3.8) is 0 Å². The quantitative estimate of drug-likeness (QED) is 0.584. The van der Waals surface area contributed by atoms with Crippen LogP contribution in [-0.2, 0) is 0 Å². The summed E-state index contributed by atoms with van der Waals surface area (Å²) in [4.78, 5) is 0. The third kappa shape index (κ3) is 3.12. The molecule has 0 spiro atoms. The van der Waals surface area contributed by atoms with Gasteiger partial charge in [0.15, 0.2) is 0 Å². The van der Waals surface area contributed by atoms with Crippen LogP contribution >= 0.6 is 0 Å². The lowest BCUT2D eigenvalue weighted by molar-refractivity contribution is 0.613. The van der Waals surface area contributed by atoms with Gasteiger partial charge in [-0.1, -0.05) is 39.8 Å². The Hall–Kier alpha value is -1.24. The minimum atomic E-state index is 1.02. The van der Waals surface area contributed by atoms with Crippen LogP contribution in [-0.4, -0.2) is 0 Å². The van der Waals surface area contributed by atoms with E-state index in [0.29, 0.717) is 0 Å². The Kier molecular flexibility index (Phi) is 6.52. The smallest absolute Gasteiger partial charge is 0.137 e. The Balaban J connectivity index is 0.000000442. The van der Waals surface area contributed by atoms with Crippen molar-refractivity contribution in [1.29, 1.82) is 0 Å². The maximum atomic E-state index is 5.33. The maximum Gasteiger partial charge on any atom is 0.137 e.